The number of hydrogen-bond donors (Lipinski definition) is 0. The molecule has 0 saturated carbocycles. The first-order chi connectivity index (χ1) is 11.0. The Labute approximate surface area is 146 Å². The van der Waals surface area contributed by atoms with Gasteiger partial charge in [0.15, 0.2) is 5.65 Å². The zero-order valence-electron chi connectivity index (χ0n) is 12.6. The van der Waals surface area contributed by atoms with E-state index in [1.165, 1.54) is 29.4 Å². The van der Waals surface area contributed by atoms with Crippen LogP contribution in [0.4, 0.5) is 0 Å². The number of rotatable bonds is 5. The van der Waals surface area contributed by atoms with Gasteiger partial charge in [-0.3, -0.25) is 9.48 Å². The molecule has 0 radical (unpaired) electrons. The Morgan fingerprint density at radius 3 is 3.00 bits per heavy atom. The topological polar surface area (TPSA) is 63.9 Å². The first-order valence-corrected chi connectivity index (χ1v) is 8.96. The third kappa shape index (κ3) is 3.65. The normalized spacial score (nSPS) is 11.1. The number of thiophene rings is 1. The Bertz CT molecular complexity index is 847. The molecule has 9 heteroatoms. The molecular formula is C14H14ClN5OS2. The van der Waals surface area contributed by atoms with Crippen LogP contribution in [-0.4, -0.2) is 43.4 Å². The molecule has 0 fully saturated rings. The standard InChI is InChI=1S/C14H14ClN5OS2/c1-19(6-9-3-4-11(15)23-9)12(21)7-22-14-10-5-18-20(2)13(10)16-8-17-14/h3-5,8H,6-7H2,1-2H3. The van der Waals surface area contributed by atoms with Gasteiger partial charge in [-0.15, -0.1) is 11.3 Å². The van der Waals surface area contributed by atoms with E-state index in [2.05, 4.69) is 15.1 Å². The molecule has 0 bridgehead atoms. The lowest BCUT2D eigenvalue weighted by molar-refractivity contribution is -0.127. The maximum atomic E-state index is 12.3. The molecule has 6 nitrogen and oxygen atoms in total. The summed E-state index contributed by atoms with van der Waals surface area (Å²) >= 11 is 8.79. The van der Waals surface area contributed by atoms with Crippen LogP contribution in [0.2, 0.25) is 4.34 Å². The van der Waals surface area contributed by atoms with Gasteiger partial charge in [-0.05, 0) is 12.1 Å². The summed E-state index contributed by atoms with van der Waals surface area (Å²) in [6.07, 6.45) is 3.22. The van der Waals surface area contributed by atoms with Gasteiger partial charge in [-0.2, -0.15) is 5.10 Å². The van der Waals surface area contributed by atoms with Crippen LogP contribution in [0.15, 0.2) is 29.7 Å². The average molecular weight is 368 g/mol. The molecule has 23 heavy (non-hydrogen) atoms. The van der Waals surface area contributed by atoms with Gasteiger partial charge in [0.05, 0.1) is 28.2 Å². The van der Waals surface area contributed by atoms with Crippen molar-refractivity contribution in [2.45, 2.75) is 11.6 Å². The SMILES string of the molecule is CN(Cc1ccc(Cl)s1)C(=O)CSc1ncnc2c1cnn2C. The molecule has 1 amide bonds. The molecule has 0 aromatic carbocycles. The van der Waals surface area contributed by atoms with Crippen molar-refractivity contribution in [2.24, 2.45) is 7.05 Å². The van der Waals surface area contributed by atoms with Crippen molar-refractivity contribution >= 4 is 51.6 Å². The third-order valence-electron chi connectivity index (χ3n) is 3.27. The van der Waals surface area contributed by atoms with Crippen molar-refractivity contribution in [1.82, 2.24) is 24.6 Å². The van der Waals surface area contributed by atoms with Crippen molar-refractivity contribution in [3.05, 3.63) is 33.9 Å². The van der Waals surface area contributed by atoms with Crippen LogP contribution in [0.1, 0.15) is 4.88 Å². The molecule has 0 N–H and O–H groups in total. The smallest absolute Gasteiger partial charge is 0.233 e. The Balaban J connectivity index is 1.63. The van der Waals surface area contributed by atoms with Gasteiger partial charge < -0.3 is 4.90 Å². The molecule has 0 saturated heterocycles. The summed E-state index contributed by atoms with van der Waals surface area (Å²) in [5, 5.41) is 5.80. The van der Waals surface area contributed by atoms with Gasteiger partial charge >= 0.3 is 0 Å². The summed E-state index contributed by atoms with van der Waals surface area (Å²) in [6.45, 7) is 0.558. The fourth-order valence-corrected chi connectivity index (χ4v) is 4.10. The summed E-state index contributed by atoms with van der Waals surface area (Å²) in [7, 11) is 3.62. The number of nitrogens with zero attached hydrogens (tertiary/aromatic N) is 5. The van der Waals surface area contributed by atoms with Gasteiger partial charge in [-0.25, -0.2) is 9.97 Å². The highest BCUT2D eigenvalue weighted by atomic mass is 35.5. The molecule has 0 aliphatic carbocycles. The summed E-state index contributed by atoms with van der Waals surface area (Å²) in [6, 6.07) is 3.78. The van der Waals surface area contributed by atoms with E-state index in [1.807, 2.05) is 19.2 Å². The van der Waals surface area contributed by atoms with Crippen LogP contribution in [-0.2, 0) is 18.4 Å². The highest BCUT2D eigenvalue weighted by Gasteiger charge is 2.14. The van der Waals surface area contributed by atoms with Crippen molar-refractivity contribution < 1.29 is 4.79 Å². The van der Waals surface area contributed by atoms with E-state index in [9.17, 15) is 4.79 Å². The number of aryl methyl sites for hydroxylation is 1. The number of hydrogen-bond acceptors (Lipinski definition) is 6. The highest BCUT2D eigenvalue weighted by molar-refractivity contribution is 8.00. The number of fused-ring (bicyclic) bond motifs is 1. The van der Waals surface area contributed by atoms with E-state index in [1.54, 1.807) is 22.8 Å². The van der Waals surface area contributed by atoms with Crippen LogP contribution < -0.4 is 0 Å². The van der Waals surface area contributed by atoms with Gasteiger partial charge in [0.2, 0.25) is 5.91 Å². The number of thioether (sulfide) groups is 1. The first kappa shape index (κ1) is 16.2. The lowest BCUT2D eigenvalue weighted by atomic mass is 10.4. The molecule has 3 rings (SSSR count). The molecule has 0 atom stereocenters. The number of amides is 1. The van der Waals surface area contributed by atoms with Crippen LogP contribution in [0.5, 0.6) is 0 Å². The third-order valence-corrected chi connectivity index (χ3v) is 5.48. The molecule has 3 aromatic heterocycles. The van der Waals surface area contributed by atoms with E-state index in [0.29, 0.717) is 12.3 Å². The zero-order valence-corrected chi connectivity index (χ0v) is 15.0. The first-order valence-electron chi connectivity index (χ1n) is 6.78. The zero-order chi connectivity index (χ0) is 16.4. The minimum Gasteiger partial charge on any atom is -0.340 e. The van der Waals surface area contributed by atoms with Crippen LogP contribution in [0.25, 0.3) is 11.0 Å². The predicted molar refractivity (Wildman–Crippen MR) is 92.8 cm³/mol. The van der Waals surface area contributed by atoms with Gasteiger partial charge in [0.1, 0.15) is 11.4 Å². The fraction of sp³-hybridized carbons (Fsp3) is 0.286. The van der Waals surface area contributed by atoms with Crippen molar-refractivity contribution in [3.63, 3.8) is 0 Å². The molecular weight excluding hydrogens is 354 g/mol. The molecule has 0 unspecified atom stereocenters. The van der Waals surface area contributed by atoms with Gasteiger partial charge in [0.25, 0.3) is 0 Å². The second kappa shape index (κ2) is 6.86. The molecule has 0 aliphatic rings. The molecule has 0 aliphatic heterocycles. The van der Waals surface area contributed by atoms with Crippen LogP contribution >= 0.6 is 34.7 Å². The minimum atomic E-state index is 0.0372. The van der Waals surface area contributed by atoms with E-state index in [-0.39, 0.29) is 5.91 Å². The number of halogens is 1. The van der Waals surface area contributed by atoms with Crippen LogP contribution in [0, 0.1) is 0 Å². The lowest BCUT2D eigenvalue weighted by Crippen LogP contribution is -2.27. The Morgan fingerprint density at radius 2 is 2.26 bits per heavy atom. The Kier molecular flexibility index (Phi) is 4.84. The molecule has 3 aromatic rings. The Hall–Kier alpha value is -1.64. The quantitative estimate of drug-likeness (QED) is 0.512. The molecule has 0 spiro atoms. The predicted octanol–water partition coefficient (Wildman–Crippen LogP) is 2.83. The average Bonchev–Trinajstić information content (AvgIpc) is 3.11. The maximum absolute atomic E-state index is 12.3. The van der Waals surface area contributed by atoms with Gasteiger partial charge in [-0.1, -0.05) is 23.4 Å². The van der Waals surface area contributed by atoms with Crippen molar-refractivity contribution in [1.29, 1.82) is 0 Å². The monoisotopic (exact) mass is 367 g/mol. The number of carbonyl (C=O) groups excluding carboxylic acids is 1. The molecule has 120 valence electrons. The van der Waals surface area contributed by atoms with E-state index < -0.39 is 0 Å². The Morgan fingerprint density at radius 1 is 1.43 bits per heavy atom. The fourth-order valence-electron chi connectivity index (χ4n) is 2.05. The second-order valence-electron chi connectivity index (χ2n) is 4.93. The summed E-state index contributed by atoms with van der Waals surface area (Å²) in [5.41, 5.74) is 0.761. The van der Waals surface area contributed by atoms with Crippen LogP contribution in [0.3, 0.4) is 0 Å². The summed E-state index contributed by atoms with van der Waals surface area (Å²) in [4.78, 5) is 23.5. The van der Waals surface area contributed by atoms with E-state index in [4.69, 9.17) is 11.6 Å². The number of carbonyl (C=O) groups is 1. The number of aromatic nitrogens is 4. The van der Waals surface area contributed by atoms with E-state index >= 15 is 0 Å². The molecule has 3 heterocycles. The highest BCUT2D eigenvalue weighted by Crippen LogP contribution is 2.25. The minimum absolute atomic E-state index is 0.0372. The second-order valence-corrected chi connectivity index (χ2v) is 7.69. The van der Waals surface area contributed by atoms with Gasteiger partial charge in [0, 0.05) is 19.0 Å². The maximum Gasteiger partial charge on any atom is 0.233 e. The largest absolute Gasteiger partial charge is 0.340 e. The summed E-state index contributed by atoms with van der Waals surface area (Å²) < 4.78 is 2.42. The van der Waals surface area contributed by atoms with E-state index in [0.717, 1.165) is 25.3 Å². The lowest BCUT2D eigenvalue weighted by Gasteiger charge is -2.15. The van der Waals surface area contributed by atoms with Crippen molar-refractivity contribution in [2.75, 3.05) is 12.8 Å². The summed E-state index contributed by atoms with van der Waals surface area (Å²) in [5.74, 6) is 0.353. The van der Waals surface area contributed by atoms with Crippen molar-refractivity contribution in [3.8, 4) is 0 Å².